The molecule has 3 fully saturated rings. The summed E-state index contributed by atoms with van der Waals surface area (Å²) >= 11 is 12.3. The van der Waals surface area contributed by atoms with Crippen LogP contribution in [-0.2, 0) is 6.42 Å². The normalized spacial score (nSPS) is 24.0. The number of carbonyl (C=O) groups is 1. The van der Waals surface area contributed by atoms with Crippen molar-refractivity contribution in [3.63, 3.8) is 0 Å². The molecule has 32 heavy (non-hydrogen) atoms. The molecule has 1 amide bonds. The van der Waals surface area contributed by atoms with Gasteiger partial charge in [0.15, 0.2) is 0 Å². The Morgan fingerprint density at radius 1 is 1.09 bits per heavy atom. The van der Waals surface area contributed by atoms with Crippen LogP contribution in [0.4, 0.5) is 0 Å². The van der Waals surface area contributed by atoms with Gasteiger partial charge < -0.3 is 5.32 Å². The van der Waals surface area contributed by atoms with Crippen molar-refractivity contribution >= 4 is 29.1 Å². The fourth-order valence-corrected chi connectivity index (χ4v) is 5.72. The third-order valence-electron chi connectivity index (χ3n) is 7.45. The van der Waals surface area contributed by atoms with Crippen molar-refractivity contribution < 1.29 is 4.79 Å². The summed E-state index contributed by atoms with van der Waals surface area (Å²) in [5.41, 5.74) is 3.19. The molecule has 2 aromatic rings. The van der Waals surface area contributed by atoms with E-state index in [1.165, 1.54) is 30.4 Å². The minimum Gasteiger partial charge on any atom is -0.348 e. The number of carbonyl (C=O) groups excluding carboxylic acids is 1. The molecule has 5 heteroatoms. The molecule has 2 aliphatic heterocycles. The van der Waals surface area contributed by atoms with Gasteiger partial charge in [-0.15, -0.1) is 0 Å². The van der Waals surface area contributed by atoms with Gasteiger partial charge in [-0.2, -0.15) is 0 Å². The summed E-state index contributed by atoms with van der Waals surface area (Å²) in [6, 6.07) is 14.6. The SMILES string of the molecule is Cc1ccc(C(=O)NC(CN2C[C@@H]3CC[C@H]2CC3Cc2ccc(Cl)c(Cl)c2)C(C)C)cc1. The molecule has 4 atom stereocenters. The van der Waals surface area contributed by atoms with Crippen LogP contribution >= 0.6 is 23.2 Å². The molecule has 2 aromatic carbocycles. The Morgan fingerprint density at radius 3 is 2.47 bits per heavy atom. The second-order valence-corrected chi connectivity index (χ2v) is 10.9. The lowest BCUT2D eigenvalue weighted by Gasteiger charge is -2.51. The van der Waals surface area contributed by atoms with E-state index in [4.69, 9.17) is 23.2 Å². The number of piperidine rings is 2. The highest BCUT2D eigenvalue weighted by Gasteiger charge is 2.41. The number of hydrogen-bond donors (Lipinski definition) is 1. The van der Waals surface area contributed by atoms with E-state index in [1.54, 1.807) is 0 Å². The van der Waals surface area contributed by atoms with Crippen molar-refractivity contribution in [2.45, 2.75) is 58.5 Å². The van der Waals surface area contributed by atoms with Crippen molar-refractivity contribution in [3.05, 3.63) is 69.2 Å². The molecule has 3 aliphatic rings. The maximum absolute atomic E-state index is 12.8. The Hall–Kier alpha value is -1.55. The number of rotatable bonds is 7. The van der Waals surface area contributed by atoms with Crippen LogP contribution in [0.1, 0.15) is 54.6 Å². The zero-order valence-electron chi connectivity index (χ0n) is 19.3. The fraction of sp³-hybridized carbons (Fsp3) is 0.519. The second kappa shape index (κ2) is 10.2. The van der Waals surface area contributed by atoms with E-state index in [-0.39, 0.29) is 11.9 Å². The van der Waals surface area contributed by atoms with Crippen molar-refractivity contribution in [3.8, 4) is 0 Å². The predicted molar refractivity (Wildman–Crippen MR) is 134 cm³/mol. The molecule has 0 radical (unpaired) electrons. The first-order valence-electron chi connectivity index (χ1n) is 11.9. The quantitative estimate of drug-likeness (QED) is 0.505. The molecule has 1 saturated carbocycles. The summed E-state index contributed by atoms with van der Waals surface area (Å²) in [5.74, 6) is 1.82. The third-order valence-corrected chi connectivity index (χ3v) is 8.18. The summed E-state index contributed by atoms with van der Waals surface area (Å²) in [5, 5.41) is 4.59. The molecular weight excluding hydrogens is 439 g/mol. The summed E-state index contributed by atoms with van der Waals surface area (Å²) < 4.78 is 0. The van der Waals surface area contributed by atoms with Crippen molar-refractivity contribution in [1.29, 1.82) is 0 Å². The molecule has 0 aromatic heterocycles. The molecule has 2 unspecified atom stereocenters. The Balaban J connectivity index is 1.37. The molecule has 3 nitrogen and oxygen atoms in total. The van der Waals surface area contributed by atoms with Gasteiger partial charge in [-0.05, 0) is 80.2 Å². The number of halogens is 2. The van der Waals surface area contributed by atoms with Crippen LogP contribution in [0.25, 0.3) is 0 Å². The molecular formula is C27H34Cl2N2O. The topological polar surface area (TPSA) is 32.3 Å². The van der Waals surface area contributed by atoms with Crippen molar-refractivity contribution in [2.24, 2.45) is 17.8 Å². The van der Waals surface area contributed by atoms with Crippen LogP contribution in [0.5, 0.6) is 0 Å². The monoisotopic (exact) mass is 472 g/mol. The largest absolute Gasteiger partial charge is 0.348 e. The van der Waals surface area contributed by atoms with Crippen molar-refractivity contribution in [2.75, 3.05) is 13.1 Å². The van der Waals surface area contributed by atoms with Crippen LogP contribution in [0.3, 0.4) is 0 Å². The molecule has 2 bridgehead atoms. The Morgan fingerprint density at radius 2 is 1.84 bits per heavy atom. The van der Waals surface area contributed by atoms with Crippen LogP contribution in [0.2, 0.25) is 10.0 Å². The first-order valence-corrected chi connectivity index (χ1v) is 12.6. The van der Waals surface area contributed by atoms with E-state index in [2.05, 4.69) is 30.1 Å². The molecule has 1 aliphatic carbocycles. The Labute approximate surface area is 202 Å². The van der Waals surface area contributed by atoms with Gasteiger partial charge in [-0.25, -0.2) is 0 Å². The van der Waals surface area contributed by atoms with Gasteiger partial charge in [0.2, 0.25) is 0 Å². The zero-order valence-corrected chi connectivity index (χ0v) is 20.8. The second-order valence-electron chi connectivity index (χ2n) is 10.1. The van der Waals surface area contributed by atoms with Crippen molar-refractivity contribution in [1.82, 2.24) is 10.2 Å². The van der Waals surface area contributed by atoms with Crippen LogP contribution < -0.4 is 5.32 Å². The number of aryl methyl sites for hydroxylation is 1. The standard InChI is InChI=1S/C27H34Cl2N2O/c1-17(2)26(30-27(32)20-7-4-18(3)5-8-20)16-31-15-21-9-10-23(31)14-22(21)12-19-6-11-24(28)25(29)13-19/h4-8,11,13,17,21-23,26H,9-10,12,14-16H2,1-3H3,(H,30,32)/t21-,22?,23-,26?/m0/s1. The lowest BCUT2D eigenvalue weighted by atomic mass is 9.69. The number of nitrogens with zero attached hydrogens (tertiary/aromatic N) is 1. The Bertz CT molecular complexity index is 943. The fourth-order valence-electron chi connectivity index (χ4n) is 5.40. The molecule has 0 spiro atoms. The van der Waals surface area contributed by atoms with E-state index < -0.39 is 0 Å². The maximum atomic E-state index is 12.8. The summed E-state index contributed by atoms with van der Waals surface area (Å²) in [4.78, 5) is 15.5. The molecule has 2 heterocycles. The zero-order chi connectivity index (χ0) is 22.8. The van der Waals surface area contributed by atoms with E-state index in [9.17, 15) is 4.79 Å². The van der Waals surface area contributed by atoms with Gasteiger partial charge in [0.05, 0.1) is 10.0 Å². The number of amides is 1. The number of hydrogen-bond acceptors (Lipinski definition) is 2. The average Bonchev–Trinajstić information content (AvgIpc) is 2.77. The third kappa shape index (κ3) is 5.50. The van der Waals surface area contributed by atoms with Gasteiger partial charge in [0, 0.05) is 30.7 Å². The predicted octanol–water partition coefficient (Wildman–Crippen LogP) is 6.40. The smallest absolute Gasteiger partial charge is 0.251 e. The summed E-state index contributed by atoms with van der Waals surface area (Å²) in [7, 11) is 0. The minimum atomic E-state index is 0.0309. The van der Waals surface area contributed by atoms with Gasteiger partial charge >= 0.3 is 0 Å². The van der Waals surface area contributed by atoms with Gasteiger partial charge in [-0.1, -0.05) is 60.8 Å². The summed E-state index contributed by atoms with van der Waals surface area (Å²) in [6.45, 7) is 8.50. The highest BCUT2D eigenvalue weighted by Crippen LogP contribution is 2.41. The number of benzene rings is 2. The van der Waals surface area contributed by atoms with Gasteiger partial charge in [0.1, 0.15) is 0 Å². The van der Waals surface area contributed by atoms with E-state index in [1.807, 2.05) is 43.3 Å². The highest BCUT2D eigenvalue weighted by atomic mass is 35.5. The maximum Gasteiger partial charge on any atom is 0.251 e. The van der Waals surface area contributed by atoms with E-state index >= 15 is 0 Å². The molecule has 2 saturated heterocycles. The molecule has 5 rings (SSSR count). The van der Waals surface area contributed by atoms with Crippen LogP contribution in [-0.4, -0.2) is 36.0 Å². The van der Waals surface area contributed by atoms with E-state index in [0.717, 1.165) is 25.1 Å². The van der Waals surface area contributed by atoms with Crippen LogP contribution in [0, 0.1) is 24.7 Å². The lowest BCUT2D eigenvalue weighted by Crippen LogP contribution is -2.57. The minimum absolute atomic E-state index is 0.0309. The lowest BCUT2D eigenvalue weighted by molar-refractivity contribution is -0.00285. The Kier molecular flexibility index (Phi) is 7.49. The number of fused-ring (bicyclic) bond motifs is 3. The van der Waals surface area contributed by atoms with E-state index in [0.29, 0.717) is 33.8 Å². The van der Waals surface area contributed by atoms with Crippen LogP contribution in [0.15, 0.2) is 42.5 Å². The number of nitrogens with one attached hydrogen (secondary N) is 1. The average molecular weight is 473 g/mol. The van der Waals surface area contributed by atoms with Gasteiger partial charge in [-0.3, -0.25) is 9.69 Å². The molecule has 172 valence electrons. The summed E-state index contributed by atoms with van der Waals surface area (Å²) in [6.07, 6.45) is 4.86. The highest BCUT2D eigenvalue weighted by molar-refractivity contribution is 6.42. The van der Waals surface area contributed by atoms with Gasteiger partial charge in [0.25, 0.3) is 5.91 Å². The molecule has 1 N–H and O–H groups in total. The first kappa shape index (κ1) is 23.6. The first-order chi connectivity index (χ1) is 15.3.